The Kier molecular flexibility index (Phi) is 8.57. The molecule has 0 radical (unpaired) electrons. The van der Waals surface area contributed by atoms with Crippen molar-refractivity contribution in [1.29, 1.82) is 0 Å². The van der Waals surface area contributed by atoms with Crippen molar-refractivity contribution in [3.05, 3.63) is 139 Å². The molecule has 4 aromatic carbocycles. The third kappa shape index (κ3) is 6.22. The van der Waals surface area contributed by atoms with Crippen LogP contribution in [-0.4, -0.2) is 9.55 Å². The van der Waals surface area contributed by atoms with Gasteiger partial charge < -0.3 is 19.1 Å². The van der Waals surface area contributed by atoms with Crippen LogP contribution >= 0.6 is 0 Å². The largest absolute Gasteiger partial charge is 0.509 e. The van der Waals surface area contributed by atoms with Crippen LogP contribution in [0.5, 0.6) is 11.5 Å². The van der Waals surface area contributed by atoms with Gasteiger partial charge in [-0.2, -0.15) is 12.1 Å². The molecule has 6 aromatic rings. The second kappa shape index (κ2) is 12.4. The molecule has 0 aliphatic carbocycles. The molecule has 0 spiro atoms. The molecule has 0 saturated carbocycles. The minimum Gasteiger partial charge on any atom is -0.509 e. The summed E-state index contributed by atoms with van der Waals surface area (Å²) in [6, 6.07) is 38.4. The molecular formula is C41H39N4OPt-3. The fourth-order valence-electron chi connectivity index (χ4n) is 6.07. The molecule has 0 amide bonds. The molecule has 0 unspecified atom stereocenters. The zero-order valence-corrected chi connectivity index (χ0v) is 30.2. The van der Waals surface area contributed by atoms with Gasteiger partial charge in [0.15, 0.2) is 0 Å². The molecule has 0 fully saturated rings. The van der Waals surface area contributed by atoms with Crippen molar-refractivity contribution >= 4 is 33.2 Å². The maximum absolute atomic E-state index is 6.46. The molecule has 242 valence electrons. The number of aryl methyl sites for hydroxylation is 1. The predicted molar refractivity (Wildman–Crippen MR) is 189 cm³/mol. The first-order chi connectivity index (χ1) is 22.0. The maximum Gasteiger partial charge on any atom is 0.135 e. The van der Waals surface area contributed by atoms with Crippen molar-refractivity contribution < 1.29 is 25.8 Å². The van der Waals surface area contributed by atoms with Gasteiger partial charge in [-0.15, -0.1) is 48.1 Å². The van der Waals surface area contributed by atoms with E-state index in [-0.39, 0.29) is 31.9 Å². The number of hydrogen-bond donors (Lipinski definition) is 0. The molecule has 3 heterocycles. The molecule has 0 saturated heterocycles. The Morgan fingerprint density at radius 3 is 2.26 bits per heavy atom. The normalized spacial score (nSPS) is 13.6. The smallest absolute Gasteiger partial charge is 0.135 e. The Hall–Kier alpha value is -4.34. The van der Waals surface area contributed by atoms with Gasteiger partial charge in [0, 0.05) is 61.1 Å². The van der Waals surface area contributed by atoms with Crippen LogP contribution in [0.15, 0.2) is 109 Å². The summed E-state index contributed by atoms with van der Waals surface area (Å²) in [5.41, 5.74) is 7.67. The van der Waals surface area contributed by atoms with Crippen molar-refractivity contribution in [2.24, 2.45) is 5.41 Å². The van der Waals surface area contributed by atoms with Crippen molar-refractivity contribution in [3.8, 4) is 17.3 Å². The average Bonchev–Trinajstić information content (AvgIpc) is 3.61. The van der Waals surface area contributed by atoms with E-state index in [1.165, 1.54) is 22.5 Å². The van der Waals surface area contributed by atoms with Crippen molar-refractivity contribution in [1.82, 2.24) is 9.55 Å². The summed E-state index contributed by atoms with van der Waals surface area (Å²) in [6.07, 6.45) is 4.09. The number of hydrogen-bond acceptors (Lipinski definition) is 4. The number of ether oxygens (including phenoxy) is 1. The Labute approximate surface area is 292 Å². The zero-order chi connectivity index (χ0) is 32.2. The van der Waals surface area contributed by atoms with Crippen LogP contribution in [0.25, 0.3) is 27.6 Å². The summed E-state index contributed by atoms with van der Waals surface area (Å²) in [5, 5.41) is 2.26. The number of anilines is 2. The van der Waals surface area contributed by atoms with E-state index in [9.17, 15) is 0 Å². The first-order valence-electron chi connectivity index (χ1n) is 15.8. The fourth-order valence-corrected chi connectivity index (χ4v) is 6.07. The molecule has 47 heavy (non-hydrogen) atoms. The van der Waals surface area contributed by atoms with Crippen molar-refractivity contribution in [2.45, 2.75) is 53.9 Å². The zero-order valence-electron chi connectivity index (χ0n) is 27.9. The number of fused-ring (bicyclic) bond motifs is 3. The monoisotopic (exact) mass is 798 g/mol. The van der Waals surface area contributed by atoms with Crippen LogP contribution in [-0.2, 0) is 26.5 Å². The first kappa shape index (κ1) is 32.6. The summed E-state index contributed by atoms with van der Waals surface area (Å²) >= 11 is 0. The quantitative estimate of drug-likeness (QED) is 0.163. The molecule has 6 heteroatoms. The molecule has 0 N–H and O–H groups in total. The van der Waals surface area contributed by atoms with Crippen LogP contribution < -0.4 is 14.5 Å². The SMILES string of the molecule is Cc1ccccc1N1[CH-]N(c2[c-]c(Oc3[c-]c4c(cc3)c3ccccc3n4-c3cc(C(C)(C)C)ccn3)ccc2)C=C1C(C)(C)C.[Pt]. The number of rotatable bonds is 5. The molecule has 0 atom stereocenters. The van der Waals surface area contributed by atoms with Crippen molar-refractivity contribution in [2.75, 3.05) is 9.80 Å². The van der Waals surface area contributed by atoms with E-state index in [1.807, 2.05) is 24.4 Å². The van der Waals surface area contributed by atoms with E-state index in [2.05, 4.69) is 161 Å². The minimum absolute atomic E-state index is 0. The fraction of sp³-hybridized carbons (Fsp3) is 0.220. The summed E-state index contributed by atoms with van der Waals surface area (Å²) in [6.45, 7) is 17.7. The van der Waals surface area contributed by atoms with Gasteiger partial charge in [-0.3, -0.25) is 0 Å². The second-order valence-electron chi connectivity index (χ2n) is 14.0. The van der Waals surface area contributed by atoms with Gasteiger partial charge in [0.1, 0.15) is 5.82 Å². The topological polar surface area (TPSA) is 33.5 Å². The van der Waals surface area contributed by atoms with Crippen molar-refractivity contribution in [3.63, 3.8) is 0 Å². The van der Waals surface area contributed by atoms with Crippen LogP contribution in [0, 0.1) is 31.1 Å². The first-order valence-corrected chi connectivity index (χ1v) is 15.8. The Balaban J connectivity index is 0.00000386. The molecule has 7 rings (SSSR count). The molecule has 5 nitrogen and oxygen atoms in total. The van der Waals surface area contributed by atoms with Crippen LogP contribution in [0.4, 0.5) is 11.4 Å². The number of allylic oxidation sites excluding steroid dienone is 1. The minimum atomic E-state index is -0.0638. The summed E-state index contributed by atoms with van der Waals surface area (Å²) in [5.74, 6) is 2.11. The molecule has 1 aliphatic heterocycles. The van der Waals surface area contributed by atoms with E-state index >= 15 is 0 Å². The molecular weight excluding hydrogens is 760 g/mol. The van der Waals surface area contributed by atoms with E-state index < -0.39 is 0 Å². The van der Waals surface area contributed by atoms with Gasteiger partial charge in [-0.1, -0.05) is 83.5 Å². The Morgan fingerprint density at radius 2 is 1.49 bits per heavy atom. The number of para-hydroxylation sites is 2. The van der Waals surface area contributed by atoms with Crippen LogP contribution in [0.2, 0.25) is 0 Å². The summed E-state index contributed by atoms with van der Waals surface area (Å²) in [7, 11) is 0. The standard InChI is InChI=1S/C41H39N4O.Pt/c1-28-13-8-10-17-35(28)44-27-43(26-38(44)41(5,6)7)30-14-12-15-31(24-30)46-32-19-20-34-33-16-9-11-18-36(33)45(37(34)25-32)39-23-29(21-22-42-39)40(2,3)4;/h8-23,26-27H,1-7H3;/q-3;. The molecule has 0 bridgehead atoms. The van der Waals surface area contributed by atoms with E-state index in [0.29, 0.717) is 11.5 Å². The van der Waals surface area contributed by atoms with Gasteiger partial charge in [-0.05, 0) is 59.3 Å². The van der Waals surface area contributed by atoms with E-state index in [1.54, 1.807) is 0 Å². The third-order valence-corrected chi connectivity index (χ3v) is 8.55. The van der Waals surface area contributed by atoms with Gasteiger partial charge in [0.2, 0.25) is 0 Å². The number of pyridine rings is 1. The number of aromatic nitrogens is 2. The van der Waals surface area contributed by atoms with Crippen LogP contribution in [0.1, 0.15) is 52.7 Å². The predicted octanol–water partition coefficient (Wildman–Crippen LogP) is 10.5. The summed E-state index contributed by atoms with van der Waals surface area (Å²) in [4.78, 5) is 9.20. The van der Waals surface area contributed by atoms with E-state index in [4.69, 9.17) is 9.72 Å². The third-order valence-electron chi connectivity index (χ3n) is 8.55. The van der Waals surface area contributed by atoms with Gasteiger partial charge in [0.25, 0.3) is 0 Å². The van der Waals surface area contributed by atoms with Gasteiger partial charge in [0.05, 0.1) is 0 Å². The second-order valence-corrected chi connectivity index (χ2v) is 14.0. The Morgan fingerprint density at radius 1 is 0.745 bits per heavy atom. The van der Waals surface area contributed by atoms with Gasteiger partial charge in [-0.25, -0.2) is 4.98 Å². The maximum atomic E-state index is 6.46. The van der Waals surface area contributed by atoms with Crippen LogP contribution in [0.3, 0.4) is 0 Å². The average molecular weight is 799 g/mol. The Bertz CT molecular complexity index is 2110. The van der Waals surface area contributed by atoms with Gasteiger partial charge >= 0.3 is 0 Å². The molecule has 1 aliphatic rings. The number of benzene rings is 4. The van der Waals surface area contributed by atoms with E-state index in [0.717, 1.165) is 33.3 Å². The molecule has 2 aromatic heterocycles. The number of nitrogens with zero attached hydrogens (tertiary/aromatic N) is 4. The summed E-state index contributed by atoms with van der Waals surface area (Å²) < 4.78 is 8.64.